The van der Waals surface area contributed by atoms with Crippen molar-refractivity contribution >= 4 is 23.0 Å². The molecule has 1 N–H and O–H groups in total. The van der Waals surface area contributed by atoms with Gasteiger partial charge in [-0.2, -0.15) is 0 Å². The molecular weight excluding hydrogens is 528 g/mol. The minimum absolute atomic E-state index is 0.101. The summed E-state index contributed by atoms with van der Waals surface area (Å²) >= 11 is 5.97. The van der Waals surface area contributed by atoms with Crippen molar-refractivity contribution in [2.45, 2.75) is 32.9 Å². The van der Waals surface area contributed by atoms with E-state index in [1.807, 2.05) is 54.7 Å². The van der Waals surface area contributed by atoms with Crippen molar-refractivity contribution in [1.29, 1.82) is 0 Å². The minimum Gasteiger partial charge on any atom is -0.497 e. The summed E-state index contributed by atoms with van der Waals surface area (Å²) in [5.41, 5.74) is 7.85. The van der Waals surface area contributed by atoms with Crippen molar-refractivity contribution in [2.75, 3.05) is 12.0 Å². The molecule has 0 amide bonds. The second-order valence-electron chi connectivity index (χ2n) is 10.3. The van der Waals surface area contributed by atoms with Gasteiger partial charge in [-0.05, 0) is 123 Å². The third kappa shape index (κ3) is 5.16. The van der Waals surface area contributed by atoms with Crippen molar-refractivity contribution in [3.05, 3.63) is 131 Å². The predicted octanol–water partition coefficient (Wildman–Crippen LogP) is 7.78. The lowest BCUT2D eigenvalue weighted by molar-refractivity contribution is 0.413. The van der Waals surface area contributed by atoms with Gasteiger partial charge in [0.25, 0.3) is 0 Å². The van der Waals surface area contributed by atoms with Crippen LogP contribution in [0.25, 0.3) is 5.69 Å². The Labute approximate surface area is 246 Å². The Morgan fingerprint density at radius 2 is 1.49 bits per heavy atom. The molecule has 3 aromatic carbocycles. The Balaban J connectivity index is 1.39. The van der Waals surface area contributed by atoms with Crippen LogP contribution >= 0.6 is 12.2 Å². The standard InChI is InChI=1S/C34H32N4O2S/c1-22-8-7-9-26(20-22)37-23(2)21-30(24(37)3)33-32(31-10-5-6-19-35-31)36-34(41)38(33)25-11-13-28(14-12-25)40-29-17-15-27(39-4)16-18-29/h5-21,32-33H,1-4H3,(H,36,41)/t32-,33-/m0/s1. The zero-order chi connectivity index (χ0) is 28.5. The molecule has 0 spiro atoms. The largest absolute Gasteiger partial charge is 0.497 e. The molecule has 5 aromatic rings. The summed E-state index contributed by atoms with van der Waals surface area (Å²) in [6, 6.07) is 32.3. The smallest absolute Gasteiger partial charge is 0.174 e. The zero-order valence-electron chi connectivity index (χ0n) is 23.5. The summed E-state index contributed by atoms with van der Waals surface area (Å²) in [4.78, 5) is 6.92. The van der Waals surface area contributed by atoms with Crippen LogP contribution in [0.15, 0.2) is 103 Å². The van der Waals surface area contributed by atoms with Gasteiger partial charge in [-0.15, -0.1) is 0 Å². The number of hydrogen-bond acceptors (Lipinski definition) is 4. The van der Waals surface area contributed by atoms with Crippen LogP contribution in [-0.4, -0.2) is 21.8 Å². The Kier molecular flexibility index (Phi) is 7.20. The number of ether oxygens (including phenoxy) is 2. The van der Waals surface area contributed by atoms with Gasteiger partial charge in [-0.3, -0.25) is 4.98 Å². The molecule has 6 rings (SSSR count). The summed E-state index contributed by atoms with van der Waals surface area (Å²) in [5, 5.41) is 4.24. The number of aromatic nitrogens is 2. The Morgan fingerprint density at radius 3 is 2.15 bits per heavy atom. The van der Waals surface area contributed by atoms with Gasteiger partial charge in [-0.1, -0.05) is 18.2 Å². The fourth-order valence-electron chi connectivity index (χ4n) is 5.66. The van der Waals surface area contributed by atoms with E-state index in [1.165, 1.54) is 22.5 Å². The van der Waals surface area contributed by atoms with Gasteiger partial charge in [-0.25, -0.2) is 0 Å². The van der Waals surface area contributed by atoms with E-state index >= 15 is 0 Å². The van der Waals surface area contributed by atoms with Crippen molar-refractivity contribution in [2.24, 2.45) is 0 Å². The van der Waals surface area contributed by atoms with E-state index in [2.05, 4.69) is 84.1 Å². The topological polar surface area (TPSA) is 51.6 Å². The first-order valence-corrected chi connectivity index (χ1v) is 14.0. The summed E-state index contributed by atoms with van der Waals surface area (Å²) < 4.78 is 13.7. The van der Waals surface area contributed by atoms with Crippen LogP contribution in [0.4, 0.5) is 5.69 Å². The molecule has 3 heterocycles. The molecule has 1 fully saturated rings. The molecule has 2 aromatic heterocycles. The summed E-state index contributed by atoms with van der Waals surface area (Å²) in [6.07, 6.45) is 1.83. The highest BCUT2D eigenvalue weighted by Gasteiger charge is 2.42. The third-order valence-corrected chi connectivity index (χ3v) is 7.87. The molecule has 7 heteroatoms. The number of pyridine rings is 1. The fraction of sp³-hybridized carbons (Fsp3) is 0.176. The molecule has 0 bridgehead atoms. The second kappa shape index (κ2) is 11.1. The predicted molar refractivity (Wildman–Crippen MR) is 167 cm³/mol. The zero-order valence-corrected chi connectivity index (χ0v) is 24.4. The van der Waals surface area contributed by atoms with Crippen LogP contribution in [0.3, 0.4) is 0 Å². The quantitative estimate of drug-likeness (QED) is 0.205. The maximum atomic E-state index is 6.09. The highest BCUT2D eigenvalue weighted by Crippen LogP contribution is 2.44. The molecule has 0 unspecified atom stereocenters. The highest BCUT2D eigenvalue weighted by molar-refractivity contribution is 7.80. The van der Waals surface area contributed by atoms with Crippen LogP contribution < -0.4 is 19.7 Å². The molecule has 0 radical (unpaired) electrons. The van der Waals surface area contributed by atoms with Crippen LogP contribution in [0, 0.1) is 20.8 Å². The maximum absolute atomic E-state index is 6.09. The number of benzene rings is 3. The normalized spacial score (nSPS) is 16.5. The number of nitrogens with zero attached hydrogens (tertiary/aromatic N) is 3. The average molecular weight is 561 g/mol. The lowest BCUT2D eigenvalue weighted by atomic mass is 9.96. The van der Waals surface area contributed by atoms with Gasteiger partial charge < -0.3 is 24.3 Å². The van der Waals surface area contributed by atoms with Crippen LogP contribution in [0.5, 0.6) is 17.2 Å². The van der Waals surface area contributed by atoms with E-state index in [4.69, 9.17) is 26.7 Å². The molecule has 41 heavy (non-hydrogen) atoms. The second-order valence-corrected chi connectivity index (χ2v) is 10.7. The lowest BCUT2D eigenvalue weighted by Crippen LogP contribution is -2.29. The molecule has 0 saturated carbocycles. The molecular formula is C34H32N4O2S. The fourth-order valence-corrected chi connectivity index (χ4v) is 6.00. The molecule has 1 aliphatic rings. The van der Waals surface area contributed by atoms with Crippen LogP contribution in [-0.2, 0) is 0 Å². The average Bonchev–Trinajstić information content (AvgIpc) is 3.49. The summed E-state index contributed by atoms with van der Waals surface area (Å²) in [6.45, 7) is 6.47. The SMILES string of the molecule is COc1ccc(Oc2ccc(N3C(=S)N[C@@H](c4ccccn4)[C@@H]3c3cc(C)n(-c4cccc(C)c4)c3C)cc2)cc1. The third-order valence-electron chi connectivity index (χ3n) is 7.56. The number of hydrogen-bond donors (Lipinski definition) is 1. The van der Waals surface area contributed by atoms with E-state index in [0.29, 0.717) is 5.11 Å². The maximum Gasteiger partial charge on any atom is 0.174 e. The van der Waals surface area contributed by atoms with Gasteiger partial charge in [0, 0.05) is 29.0 Å². The molecule has 0 aliphatic carbocycles. The molecule has 206 valence electrons. The van der Waals surface area contributed by atoms with Crippen molar-refractivity contribution in [1.82, 2.24) is 14.9 Å². The highest BCUT2D eigenvalue weighted by atomic mass is 32.1. The molecule has 1 saturated heterocycles. The van der Waals surface area contributed by atoms with Gasteiger partial charge in [0.15, 0.2) is 5.11 Å². The number of rotatable bonds is 7. The summed E-state index contributed by atoms with van der Waals surface area (Å²) in [7, 11) is 1.65. The molecule has 1 aliphatic heterocycles. The monoisotopic (exact) mass is 560 g/mol. The first kappa shape index (κ1) is 26.6. The minimum atomic E-state index is -0.120. The molecule has 6 nitrogen and oxygen atoms in total. The number of methoxy groups -OCH3 is 1. The van der Waals surface area contributed by atoms with E-state index in [0.717, 1.165) is 34.3 Å². The first-order valence-electron chi connectivity index (χ1n) is 13.6. The summed E-state index contributed by atoms with van der Waals surface area (Å²) in [5.74, 6) is 2.28. The number of thiocarbonyl (C=S) groups is 1. The van der Waals surface area contributed by atoms with Crippen molar-refractivity contribution in [3.8, 4) is 22.9 Å². The Morgan fingerprint density at radius 1 is 0.780 bits per heavy atom. The van der Waals surface area contributed by atoms with Gasteiger partial charge >= 0.3 is 0 Å². The lowest BCUT2D eigenvalue weighted by Gasteiger charge is -2.28. The van der Waals surface area contributed by atoms with Gasteiger partial charge in [0.1, 0.15) is 17.2 Å². The number of nitrogens with one attached hydrogen (secondary N) is 1. The number of anilines is 1. The van der Waals surface area contributed by atoms with E-state index < -0.39 is 0 Å². The Bertz CT molecular complexity index is 1680. The Hall–Kier alpha value is -4.62. The van der Waals surface area contributed by atoms with Gasteiger partial charge in [0.05, 0.1) is 24.9 Å². The van der Waals surface area contributed by atoms with Crippen molar-refractivity contribution < 1.29 is 9.47 Å². The molecule has 2 atom stereocenters. The first-order chi connectivity index (χ1) is 19.9. The van der Waals surface area contributed by atoms with E-state index in [1.54, 1.807) is 7.11 Å². The van der Waals surface area contributed by atoms with Crippen LogP contribution in [0.1, 0.15) is 40.3 Å². The number of aryl methyl sites for hydroxylation is 2. The van der Waals surface area contributed by atoms with Gasteiger partial charge in [0.2, 0.25) is 0 Å². The van der Waals surface area contributed by atoms with E-state index in [-0.39, 0.29) is 12.1 Å². The van der Waals surface area contributed by atoms with Crippen molar-refractivity contribution in [3.63, 3.8) is 0 Å². The van der Waals surface area contributed by atoms with E-state index in [9.17, 15) is 0 Å². The van der Waals surface area contributed by atoms with Crippen LogP contribution in [0.2, 0.25) is 0 Å².